The Balaban J connectivity index is 0.000000606. The molecule has 0 radical (unpaired) electrons. The summed E-state index contributed by atoms with van der Waals surface area (Å²) in [5.41, 5.74) is 6.25. The van der Waals surface area contributed by atoms with Crippen LogP contribution in [0.25, 0.3) is 0 Å². The molecule has 1 aliphatic rings. The second kappa shape index (κ2) is 6.27. The zero-order chi connectivity index (χ0) is 12.0. The molecule has 0 aliphatic carbocycles. The number of hydrogen-bond acceptors (Lipinski definition) is 5. The highest BCUT2D eigenvalue weighted by atomic mass is 15.2. The van der Waals surface area contributed by atoms with Crippen LogP contribution in [-0.4, -0.2) is 41.3 Å². The van der Waals surface area contributed by atoms with Gasteiger partial charge in [0.05, 0.1) is 11.9 Å². The van der Waals surface area contributed by atoms with Gasteiger partial charge in [0.25, 0.3) is 0 Å². The number of nitrogens with one attached hydrogen (secondary N) is 1. The van der Waals surface area contributed by atoms with Gasteiger partial charge in [0.2, 0.25) is 0 Å². The summed E-state index contributed by atoms with van der Waals surface area (Å²) in [5.74, 6) is 0.769. The number of likely N-dealkylation sites (tertiary alicyclic amines) is 1. The topological polar surface area (TPSA) is 67.1 Å². The van der Waals surface area contributed by atoms with E-state index in [1.54, 1.807) is 6.20 Å². The Bertz CT molecular complexity index is 315. The summed E-state index contributed by atoms with van der Waals surface area (Å²) in [6, 6.07) is 2.28. The first-order valence-corrected chi connectivity index (χ1v) is 5.77. The molecule has 1 fully saturated rings. The van der Waals surface area contributed by atoms with Crippen molar-refractivity contribution in [2.24, 2.45) is 0 Å². The summed E-state index contributed by atoms with van der Waals surface area (Å²) < 4.78 is 0. The molecule has 5 nitrogen and oxygen atoms in total. The molecule has 0 bridgehead atoms. The van der Waals surface area contributed by atoms with Crippen LogP contribution in [0, 0.1) is 0 Å². The van der Waals surface area contributed by atoms with Crippen molar-refractivity contribution < 1.29 is 0 Å². The molecule has 90 valence electrons. The van der Waals surface area contributed by atoms with Crippen LogP contribution in [-0.2, 0) is 0 Å². The van der Waals surface area contributed by atoms with Crippen LogP contribution in [0.1, 0.15) is 20.3 Å². The molecule has 1 aliphatic heterocycles. The molecule has 1 atom stereocenters. The largest absolute Gasteiger partial charge is 0.397 e. The highest BCUT2D eigenvalue weighted by Crippen LogP contribution is 2.13. The number of aromatic nitrogens is 2. The van der Waals surface area contributed by atoms with Crippen LogP contribution < -0.4 is 11.1 Å². The lowest BCUT2D eigenvalue weighted by Gasteiger charge is -2.12. The van der Waals surface area contributed by atoms with Gasteiger partial charge in [-0.1, -0.05) is 13.8 Å². The zero-order valence-electron chi connectivity index (χ0n) is 10.3. The smallest absolute Gasteiger partial charge is 0.150 e. The Morgan fingerprint density at radius 2 is 2.25 bits per heavy atom. The van der Waals surface area contributed by atoms with Crippen LogP contribution in [0.3, 0.4) is 0 Å². The lowest BCUT2D eigenvalue weighted by Crippen LogP contribution is -2.24. The predicted octanol–water partition coefficient (Wildman–Crippen LogP) is 1.20. The Kier molecular flexibility index (Phi) is 4.98. The summed E-state index contributed by atoms with van der Waals surface area (Å²) in [7, 11) is 2.12. The van der Waals surface area contributed by atoms with Gasteiger partial charge in [-0.3, -0.25) is 0 Å². The number of anilines is 2. The van der Waals surface area contributed by atoms with E-state index in [2.05, 4.69) is 27.5 Å². The molecule has 2 rings (SSSR count). The summed E-state index contributed by atoms with van der Waals surface area (Å²) in [6.07, 6.45) is 2.69. The maximum absolute atomic E-state index is 5.61. The van der Waals surface area contributed by atoms with E-state index in [4.69, 9.17) is 5.73 Å². The Hall–Kier alpha value is -1.36. The zero-order valence-corrected chi connectivity index (χ0v) is 10.3. The summed E-state index contributed by atoms with van der Waals surface area (Å²) in [5, 5.41) is 11.1. The predicted molar refractivity (Wildman–Crippen MR) is 67.3 cm³/mol. The summed E-state index contributed by atoms with van der Waals surface area (Å²) >= 11 is 0. The van der Waals surface area contributed by atoms with E-state index in [0.29, 0.717) is 11.7 Å². The average molecular weight is 223 g/mol. The molecule has 1 saturated heterocycles. The van der Waals surface area contributed by atoms with Crippen molar-refractivity contribution in [3.8, 4) is 0 Å². The van der Waals surface area contributed by atoms with Gasteiger partial charge in [0.1, 0.15) is 0 Å². The summed E-state index contributed by atoms with van der Waals surface area (Å²) in [4.78, 5) is 2.29. The van der Waals surface area contributed by atoms with Crippen molar-refractivity contribution in [2.45, 2.75) is 26.3 Å². The normalized spacial score (nSPS) is 20.1. The number of rotatable bonds is 2. The molecule has 0 saturated carbocycles. The summed E-state index contributed by atoms with van der Waals surface area (Å²) in [6.45, 7) is 6.18. The van der Waals surface area contributed by atoms with Crippen LogP contribution >= 0.6 is 0 Å². The van der Waals surface area contributed by atoms with Gasteiger partial charge in [0.15, 0.2) is 5.82 Å². The first kappa shape index (κ1) is 12.7. The molecule has 0 amide bonds. The number of nitrogens with zero attached hydrogens (tertiary/aromatic N) is 3. The van der Waals surface area contributed by atoms with Gasteiger partial charge in [-0.15, -0.1) is 5.10 Å². The highest BCUT2D eigenvalue weighted by Gasteiger charge is 2.19. The van der Waals surface area contributed by atoms with Gasteiger partial charge >= 0.3 is 0 Å². The van der Waals surface area contributed by atoms with Gasteiger partial charge in [-0.05, 0) is 20.0 Å². The molecule has 5 heteroatoms. The molecule has 1 aromatic heterocycles. The third-order valence-corrected chi connectivity index (χ3v) is 2.42. The van der Waals surface area contributed by atoms with Crippen molar-refractivity contribution in [1.29, 1.82) is 0 Å². The van der Waals surface area contributed by atoms with Crippen molar-refractivity contribution in [2.75, 3.05) is 31.2 Å². The SMILES string of the molecule is CC.CN1CCC(Nc2cc(N)cnn2)C1. The maximum atomic E-state index is 5.61. The highest BCUT2D eigenvalue weighted by molar-refractivity contribution is 5.46. The molecule has 0 aromatic carbocycles. The van der Waals surface area contributed by atoms with Crippen molar-refractivity contribution in [3.05, 3.63) is 12.3 Å². The Morgan fingerprint density at radius 1 is 1.50 bits per heavy atom. The van der Waals surface area contributed by atoms with Crippen LogP contribution in [0.2, 0.25) is 0 Å². The first-order valence-electron chi connectivity index (χ1n) is 5.77. The van der Waals surface area contributed by atoms with E-state index < -0.39 is 0 Å². The molecule has 1 unspecified atom stereocenters. The fourth-order valence-electron chi connectivity index (χ4n) is 1.71. The minimum atomic E-state index is 0.469. The minimum absolute atomic E-state index is 0.469. The van der Waals surface area contributed by atoms with Crippen LogP contribution in [0.15, 0.2) is 12.3 Å². The second-order valence-electron chi connectivity index (χ2n) is 3.77. The lowest BCUT2D eigenvalue weighted by atomic mass is 10.2. The van der Waals surface area contributed by atoms with Gasteiger partial charge in [0, 0.05) is 18.7 Å². The van der Waals surface area contributed by atoms with E-state index in [-0.39, 0.29) is 0 Å². The Morgan fingerprint density at radius 3 is 2.81 bits per heavy atom. The third-order valence-electron chi connectivity index (χ3n) is 2.42. The fraction of sp³-hybridized carbons (Fsp3) is 0.636. The molecule has 2 heterocycles. The van der Waals surface area contributed by atoms with E-state index in [1.165, 1.54) is 0 Å². The van der Waals surface area contributed by atoms with E-state index >= 15 is 0 Å². The number of hydrogen-bond donors (Lipinski definition) is 2. The van der Waals surface area contributed by atoms with Gasteiger partial charge in [-0.2, -0.15) is 5.10 Å². The first-order chi connectivity index (χ1) is 7.74. The third kappa shape index (κ3) is 3.66. The monoisotopic (exact) mass is 223 g/mol. The van der Waals surface area contributed by atoms with E-state index in [9.17, 15) is 0 Å². The van der Waals surface area contributed by atoms with Crippen LogP contribution in [0.5, 0.6) is 0 Å². The fourth-order valence-corrected chi connectivity index (χ4v) is 1.71. The van der Waals surface area contributed by atoms with Gasteiger partial charge in [-0.25, -0.2) is 0 Å². The minimum Gasteiger partial charge on any atom is -0.397 e. The second-order valence-corrected chi connectivity index (χ2v) is 3.77. The molecule has 0 spiro atoms. The standard InChI is InChI=1S/C9H15N5.C2H6/c1-14-3-2-8(6-14)12-9-4-7(10)5-11-13-9;1-2/h4-5,8H,2-3,6H2,1H3,(H3,10,12,13);1-2H3. The molecule has 16 heavy (non-hydrogen) atoms. The average Bonchev–Trinajstić information content (AvgIpc) is 2.67. The number of likely N-dealkylation sites (N-methyl/N-ethyl adjacent to an activating group) is 1. The van der Waals surface area contributed by atoms with Crippen molar-refractivity contribution in [1.82, 2.24) is 15.1 Å². The molecular formula is C11H21N5. The maximum Gasteiger partial charge on any atom is 0.150 e. The molecule has 3 N–H and O–H groups in total. The Labute approximate surface area is 97.0 Å². The number of nitrogens with two attached hydrogens (primary N) is 1. The van der Waals surface area contributed by atoms with Crippen molar-refractivity contribution in [3.63, 3.8) is 0 Å². The van der Waals surface area contributed by atoms with E-state index in [1.807, 2.05) is 19.9 Å². The van der Waals surface area contributed by atoms with Gasteiger partial charge < -0.3 is 16.0 Å². The van der Waals surface area contributed by atoms with Crippen LogP contribution in [0.4, 0.5) is 11.5 Å². The quantitative estimate of drug-likeness (QED) is 0.788. The number of nitrogen functional groups attached to an aromatic ring is 1. The molecular weight excluding hydrogens is 202 g/mol. The lowest BCUT2D eigenvalue weighted by molar-refractivity contribution is 0.414. The van der Waals surface area contributed by atoms with Crippen molar-refractivity contribution >= 4 is 11.5 Å². The van der Waals surface area contributed by atoms with E-state index in [0.717, 1.165) is 25.3 Å². The molecule has 1 aromatic rings.